The second kappa shape index (κ2) is 7.78. The summed E-state index contributed by atoms with van der Waals surface area (Å²) in [5.41, 5.74) is 0. The van der Waals surface area contributed by atoms with E-state index >= 15 is 0 Å². The van der Waals surface area contributed by atoms with Crippen LogP contribution in [0, 0.1) is 29.6 Å². The summed E-state index contributed by atoms with van der Waals surface area (Å²) in [6, 6.07) is -1.86. The Hall–Kier alpha value is -2.03. The second-order valence-electron chi connectivity index (χ2n) is 8.55. The number of rotatable bonds is 7. The van der Waals surface area contributed by atoms with Crippen molar-refractivity contribution in [3.63, 3.8) is 0 Å². The molecule has 0 spiro atoms. The van der Waals surface area contributed by atoms with Crippen molar-refractivity contribution in [2.45, 2.75) is 56.4 Å². The molecule has 182 valence electrons. The van der Waals surface area contributed by atoms with Gasteiger partial charge in [-0.25, -0.2) is 4.79 Å². The predicted octanol–water partition coefficient (Wildman–Crippen LogP) is 1.28. The molecule has 1 amide bonds. The Labute approximate surface area is 178 Å². The normalized spacial score (nSPS) is 31.4. The van der Waals surface area contributed by atoms with Crippen molar-refractivity contribution in [1.29, 1.82) is 0 Å². The van der Waals surface area contributed by atoms with E-state index in [1.165, 1.54) is 13.8 Å². The average Bonchev–Trinajstić information content (AvgIpc) is 3.23. The lowest BCUT2D eigenvalue weighted by molar-refractivity contribution is -0.260. The van der Waals surface area contributed by atoms with Crippen LogP contribution in [0.4, 0.5) is 22.0 Å². The molecular formula is C17H20F5NO8S. The molecule has 3 aliphatic rings. The maximum atomic E-state index is 13.7. The highest BCUT2D eigenvalue weighted by atomic mass is 32.2. The van der Waals surface area contributed by atoms with Crippen molar-refractivity contribution < 1.29 is 58.8 Å². The van der Waals surface area contributed by atoms with Gasteiger partial charge in [0.05, 0.1) is 11.8 Å². The Morgan fingerprint density at radius 1 is 1.19 bits per heavy atom. The van der Waals surface area contributed by atoms with Crippen LogP contribution in [-0.2, 0) is 34.0 Å². The van der Waals surface area contributed by atoms with Crippen LogP contribution < -0.4 is 5.32 Å². The van der Waals surface area contributed by atoms with E-state index in [1.807, 2.05) is 0 Å². The molecule has 0 aromatic rings. The van der Waals surface area contributed by atoms with Crippen molar-refractivity contribution >= 4 is 28.0 Å². The summed E-state index contributed by atoms with van der Waals surface area (Å²) in [5.74, 6) is -6.48. The summed E-state index contributed by atoms with van der Waals surface area (Å²) >= 11 is 0. The topological polar surface area (TPSA) is 136 Å². The van der Waals surface area contributed by atoms with Crippen LogP contribution in [0.15, 0.2) is 0 Å². The molecule has 15 heteroatoms. The van der Waals surface area contributed by atoms with Gasteiger partial charge in [-0.15, -0.1) is 0 Å². The Morgan fingerprint density at radius 3 is 2.28 bits per heavy atom. The minimum Gasteiger partial charge on any atom is -0.462 e. The standard InChI is InChI=1S/C17H20F5NO8S/c1-5(2)11(14(26)31-15(16(18,19)20)17(21,22)32(27,28)29)23-12(24)9-6-3-7-8(4-6)30-13(25)10(7)9/h5-11,15H,3-4H2,1-2H3,(H,23,24)(H,27,28,29). The van der Waals surface area contributed by atoms with E-state index < -0.39 is 69.3 Å². The molecule has 1 saturated heterocycles. The third-order valence-corrected chi connectivity index (χ3v) is 7.09. The van der Waals surface area contributed by atoms with Crippen molar-refractivity contribution in [1.82, 2.24) is 5.32 Å². The van der Waals surface area contributed by atoms with Crippen LogP contribution in [0.2, 0.25) is 0 Å². The molecule has 2 bridgehead atoms. The molecule has 3 fully saturated rings. The Kier molecular flexibility index (Phi) is 5.98. The predicted molar refractivity (Wildman–Crippen MR) is 92.3 cm³/mol. The summed E-state index contributed by atoms with van der Waals surface area (Å²) in [4.78, 5) is 37.1. The van der Waals surface area contributed by atoms with E-state index in [4.69, 9.17) is 9.29 Å². The fraction of sp³-hybridized carbons (Fsp3) is 0.824. The van der Waals surface area contributed by atoms with Crippen LogP contribution in [-0.4, -0.2) is 60.5 Å². The number of amides is 1. The molecule has 3 rings (SSSR count). The Bertz CT molecular complexity index is 918. The van der Waals surface area contributed by atoms with Crippen LogP contribution in [0.5, 0.6) is 0 Å². The number of hydrogen-bond donors (Lipinski definition) is 2. The van der Waals surface area contributed by atoms with Gasteiger partial charge < -0.3 is 14.8 Å². The van der Waals surface area contributed by atoms with Crippen LogP contribution in [0.25, 0.3) is 0 Å². The van der Waals surface area contributed by atoms with E-state index in [-0.39, 0.29) is 17.9 Å². The summed E-state index contributed by atoms with van der Waals surface area (Å²) in [6.45, 7) is 2.55. The van der Waals surface area contributed by atoms with Crippen molar-refractivity contribution in [3.05, 3.63) is 0 Å². The zero-order valence-electron chi connectivity index (χ0n) is 16.6. The molecule has 0 aromatic carbocycles. The zero-order valence-corrected chi connectivity index (χ0v) is 17.5. The molecule has 9 nitrogen and oxygen atoms in total. The summed E-state index contributed by atoms with van der Waals surface area (Å²) in [7, 11) is -6.60. The number of esters is 2. The number of fused-ring (bicyclic) bond motifs is 1. The van der Waals surface area contributed by atoms with Gasteiger partial charge in [0.1, 0.15) is 12.1 Å². The Balaban J connectivity index is 1.78. The molecule has 2 aliphatic carbocycles. The summed E-state index contributed by atoms with van der Waals surface area (Å²) in [6.07, 6.45) is -9.94. The number of halogens is 5. The number of ether oxygens (including phenoxy) is 2. The van der Waals surface area contributed by atoms with Gasteiger partial charge in [-0.3, -0.25) is 14.1 Å². The SMILES string of the molecule is CC(C)C(NC(=O)C1C2CC3OC(=O)C1C3C2)C(=O)OC(C(F)(F)F)C(F)(F)S(=O)(=O)O. The molecule has 32 heavy (non-hydrogen) atoms. The monoisotopic (exact) mass is 493 g/mol. The van der Waals surface area contributed by atoms with Crippen molar-refractivity contribution in [2.24, 2.45) is 29.6 Å². The largest absolute Gasteiger partial charge is 0.462 e. The quantitative estimate of drug-likeness (QED) is 0.308. The van der Waals surface area contributed by atoms with Gasteiger partial charge in [0, 0.05) is 5.92 Å². The number of carbonyl (C=O) groups is 3. The molecule has 0 radical (unpaired) electrons. The van der Waals surface area contributed by atoms with Gasteiger partial charge >= 0.3 is 33.5 Å². The highest BCUT2D eigenvalue weighted by Gasteiger charge is 2.67. The fourth-order valence-electron chi connectivity index (χ4n) is 4.76. The van der Waals surface area contributed by atoms with Gasteiger partial charge in [0.15, 0.2) is 0 Å². The third kappa shape index (κ3) is 4.04. The zero-order chi connectivity index (χ0) is 24.4. The highest BCUT2D eigenvalue weighted by Crippen LogP contribution is 2.57. The lowest BCUT2D eigenvalue weighted by Gasteiger charge is -2.30. The van der Waals surface area contributed by atoms with Crippen molar-refractivity contribution in [2.75, 3.05) is 0 Å². The van der Waals surface area contributed by atoms with Gasteiger partial charge in [-0.2, -0.15) is 30.4 Å². The molecule has 2 saturated carbocycles. The lowest BCUT2D eigenvalue weighted by Crippen LogP contribution is -2.56. The number of nitrogens with one attached hydrogen (secondary N) is 1. The summed E-state index contributed by atoms with van der Waals surface area (Å²) in [5, 5.41) is -3.74. The molecule has 1 heterocycles. The highest BCUT2D eigenvalue weighted by molar-refractivity contribution is 7.86. The van der Waals surface area contributed by atoms with Gasteiger partial charge in [0.2, 0.25) is 5.91 Å². The maximum Gasteiger partial charge on any atom is 0.432 e. The first kappa shape index (κ1) is 24.6. The van der Waals surface area contributed by atoms with E-state index in [2.05, 4.69) is 10.1 Å². The first-order valence-electron chi connectivity index (χ1n) is 9.59. The minimum atomic E-state index is -6.60. The number of hydrogen-bond acceptors (Lipinski definition) is 7. The minimum absolute atomic E-state index is 0.184. The van der Waals surface area contributed by atoms with Gasteiger partial charge in [-0.05, 0) is 24.7 Å². The van der Waals surface area contributed by atoms with E-state index in [0.717, 1.165) is 0 Å². The molecule has 7 unspecified atom stereocenters. The van der Waals surface area contributed by atoms with E-state index in [1.54, 1.807) is 0 Å². The molecule has 1 aliphatic heterocycles. The van der Waals surface area contributed by atoms with Gasteiger partial charge in [0.25, 0.3) is 6.10 Å². The Morgan fingerprint density at radius 2 is 1.78 bits per heavy atom. The van der Waals surface area contributed by atoms with Gasteiger partial charge in [-0.1, -0.05) is 13.8 Å². The fourth-order valence-corrected chi connectivity index (χ4v) is 5.21. The first-order chi connectivity index (χ1) is 14.5. The third-order valence-electron chi connectivity index (χ3n) is 6.18. The summed E-state index contributed by atoms with van der Waals surface area (Å²) < 4.78 is 106. The average molecular weight is 493 g/mol. The smallest absolute Gasteiger partial charge is 0.432 e. The van der Waals surface area contributed by atoms with Crippen LogP contribution in [0.1, 0.15) is 26.7 Å². The van der Waals surface area contributed by atoms with E-state index in [0.29, 0.717) is 12.8 Å². The molecular weight excluding hydrogens is 473 g/mol. The second-order valence-corrected chi connectivity index (χ2v) is 10.0. The van der Waals surface area contributed by atoms with Crippen molar-refractivity contribution in [3.8, 4) is 0 Å². The first-order valence-corrected chi connectivity index (χ1v) is 11.0. The number of alkyl halides is 5. The van der Waals surface area contributed by atoms with Crippen LogP contribution in [0.3, 0.4) is 0 Å². The van der Waals surface area contributed by atoms with Crippen LogP contribution >= 0.6 is 0 Å². The maximum absolute atomic E-state index is 13.7. The van der Waals surface area contributed by atoms with E-state index in [9.17, 15) is 44.8 Å². The molecule has 2 N–H and O–H groups in total. The lowest BCUT2D eigenvalue weighted by atomic mass is 9.79. The molecule has 7 atom stereocenters. The molecule has 0 aromatic heterocycles. The number of carbonyl (C=O) groups excluding carboxylic acids is 3.